The van der Waals surface area contributed by atoms with Crippen LogP contribution in [-0.4, -0.2) is 50.0 Å². The molecule has 0 spiro atoms. The lowest BCUT2D eigenvalue weighted by molar-refractivity contribution is -0.140. The molecule has 0 radical (unpaired) electrons. The highest BCUT2D eigenvalue weighted by Gasteiger charge is 2.28. The molecule has 2 amide bonds. The SMILES string of the molecule is CC(C)NC(=O)C(C)N(Cc1c(Cl)cccc1Cl)C(=O)CCCN(c1cc(Cl)ccc1Cl)S(C)(=O)=O. The van der Waals surface area contributed by atoms with E-state index in [0.29, 0.717) is 20.6 Å². The van der Waals surface area contributed by atoms with E-state index in [1.165, 1.54) is 17.0 Å². The van der Waals surface area contributed by atoms with Crippen molar-refractivity contribution < 1.29 is 18.0 Å². The van der Waals surface area contributed by atoms with Gasteiger partial charge in [-0.15, -0.1) is 0 Å². The summed E-state index contributed by atoms with van der Waals surface area (Å²) in [7, 11) is -3.71. The van der Waals surface area contributed by atoms with Gasteiger partial charge in [0.15, 0.2) is 0 Å². The average Bonchev–Trinajstić information content (AvgIpc) is 2.76. The molecule has 1 unspecified atom stereocenters. The zero-order chi connectivity index (χ0) is 27.2. The lowest BCUT2D eigenvalue weighted by Crippen LogP contribution is -2.49. The Kier molecular flexibility index (Phi) is 11.2. The first-order valence-corrected chi connectivity index (χ1v) is 14.5. The third-order valence-corrected chi connectivity index (χ3v) is 7.76. The van der Waals surface area contributed by atoms with Gasteiger partial charge in [-0.2, -0.15) is 0 Å². The summed E-state index contributed by atoms with van der Waals surface area (Å²) >= 11 is 24.9. The van der Waals surface area contributed by atoms with Gasteiger partial charge in [0.1, 0.15) is 6.04 Å². The molecule has 198 valence electrons. The molecule has 0 saturated carbocycles. The summed E-state index contributed by atoms with van der Waals surface area (Å²) in [4.78, 5) is 27.5. The second-order valence-electron chi connectivity index (χ2n) is 8.60. The van der Waals surface area contributed by atoms with Gasteiger partial charge in [-0.25, -0.2) is 8.42 Å². The summed E-state index contributed by atoms with van der Waals surface area (Å²) in [6, 6.07) is 8.58. The van der Waals surface area contributed by atoms with E-state index in [1.807, 2.05) is 13.8 Å². The van der Waals surface area contributed by atoms with E-state index in [4.69, 9.17) is 46.4 Å². The highest BCUT2D eigenvalue weighted by atomic mass is 35.5. The second kappa shape index (κ2) is 13.2. The standard InChI is InChI=1S/C24H29Cl4N3O4S/c1-15(2)29-24(33)16(3)30(14-18-19(26)7-5-8-20(18)27)23(32)9-6-12-31(36(4,34)35)22-13-17(25)10-11-21(22)28/h5,7-8,10-11,13,15-16H,6,9,12,14H2,1-4H3,(H,29,33). The van der Waals surface area contributed by atoms with E-state index in [0.717, 1.165) is 10.6 Å². The number of carbonyl (C=O) groups excluding carboxylic acids is 2. The van der Waals surface area contributed by atoms with Crippen LogP contribution in [0.15, 0.2) is 36.4 Å². The third-order valence-electron chi connectivity index (χ3n) is 5.32. The van der Waals surface area contributed by atoms with Crippen molar-refractivity contribution in [2.75, 3.05) is 17.1 Å². The maximum Gasteiger partial charge on any atom is 0.242 e. The van der Waals surface area contributed by atoms with Crippen LogP contribution in [0.3, 0.4) is 0 Å². The molecule has 0 aromatic heterocycles. The van der Waals surface area contributed by atoms with Gasteiger partial charge in [0.2, 0.25) is 21.8 Å². The third kappa shape index (κ3) is 8.42. The zero-order valence-electron chi connectivity index (χ0n) is 20.4. The number of benzene rings is 2. The molecule has 0 heterocycles. The van der Waals surface area contributed by atoms with Gasteiger partial charge >= 0.3 is 0 Å². The summed E-state index contributed by atoms with van der Waals surface area (Å²) in [6.45, 7) is 5.26. The number of nitrogens with one attached hydrogen (secondary N) is 1. The minimum absolute atomic E-state index is 0.0138. The molecule has 36 heavy (non-hydrogen) atoms. The molecular formula is C24H29Cl4N3O4S. The molecular weight excluding hydrogens is 568 g/mol. The van der Waals surface area contributed by atoms with Gasteiger partial charge in [-0.05, 0) is 57.5 Å². The fourth-order valence-electron chi connectivity index (χ4n) is 3.50. The molecule has 2 aromatic carbocycles. The summed E-state index contributed by atoms with van der Waals surface area (Å²) in [5.74, 6) is -0.687. The van der Waals surface area contributed by atoms with Crippen LogP contribution in [0.25, 0.3) is 0 Å². The molecule has 2 rings (SSSR count). The predicted octanol–water partition coefficient (Wildman–Crippen LogP) is 5.79. The Hall–Kier alpha value is -1.71. The molecule has 12 heteroatoms. The van der Waals surface area contributed by atoms with Crippen molar-refractivity contribution >= 4 is 73.9 Å². The Labute approximate surface area is 232 Å². The number of hydrogen-bond acceptors (Lipinski definition) is 4. The van der Waals surface area contributed by atoms with Gasteiger partial charge in [-0.1, -0.05) is 52.5 Å². The van der Waals surface area contributed by atoms with Crippen LogP contribution in [0, 0.1) is 0 Å². The van der Waals surface area contributed by atoms with Crippen LogP contribution in [0.2, 0.25) is 20.1 Å². The van der Waals surface area contributed by atoms with Crippen LogP contribution in [0.1, 0.15) is 39.2 Å². The second-order valence-corrected chi connectivity index (χ2v) is 12.2. The Morgan fingerprint density at radius 3 is 2.14 bits per heavy atom. The number of hydrogen-bond donors (Lipinski definition) is 1. The van der Waals surface area contributed by atoms with Crippen molar-refractivity contribution in [2.45, 2.75) is 52.2 Å². The maximum absolute atomic E-state index is 13.3. The van der Waals surface area contributed by atoms with E-state index < -0.39 is 16.1 Å². The molecule has 0 aliphatic heterocycles. The van der Waals surface area contributed by atoms with Crippen LogP contribution < -0.4 is 9.62 Å². The van der Waals surface area contributed by atoms with E-state index in [-0.39, 0.29) is 54.5 Å². The molecule has 2 aromatic rings. The van der Waals surface area contributed by atoms with E-state index >= 15 is 0 Å². The normalized spacial score (nSPS) is 12.4. The van der Waals surface area contributed by atoms with Crippen LogP contribution in [-0.2, 0) is 26.2 Å². The number of sulfonamides is 1. The lowest BCUT2D eigenvalue weighted by atomic mass is 10.1. The first kappa shape index (κ1) is 30.5. The number of halogens is 4. The van der Waals surface area contributed by atoms with Crippen LogP contribution in [0.4, 0.5) is 5.69 Å². The number of anilines is 1. The Bertz CT molecular complexity index is 1190. The Morgan fingerprint density at radius 2 is 1.58 bits per heavy atom. The molecule has 0 aliphatic carbocycles. The van der Waals surface area contributed by atoms with Gasteiger partial charge in [0.25, 0.3) is 0 Å². The topological polar surface area (TPSA) is 86.8 Å². The minimum Gasteiger partial charge on any atom is -0.352 e. The number of carbonyl (C=O) groups is 2. The van der Waals surface area contributed by atoms with Gasteiger partial charge in [0.05, 0.1) is 17.0 Å². The zero-order valence-corrected chi connectivity index (χ0v) is 24.2. The number of nitrogens with zero attached hydrogens (tertiary/aromatic N) is 2. The van der Waals surface area contributed by atoms with Crippen molar-refractivity contribution in [1.82, 2.24) is 10.2 Å². The van der Waals surface area contributed by atoms with Crippen molar-refractivity contribution in [3.8, 4) is 0 Å². The number of amides is 2. The molecule has 0 aliphatic rings. The van der Waals surface area contributed by atoms with Crippen molar-refractivity contribution in [3.05, 3.63) is 62.1 Å². The average molecular weight is 597 g/mol. The van der Waals surface area contributed by atoms with Gasteiger partial charge in [0, 0.05) is 46.2 Å². The van der Waals surface area contributed by atoms with Crippen molar-refractivity contribution in [3.63, 3.8) is 0 Å². The largest absolute Gasteiger partial charge is 0.352 e. The highest BCUT2D eigenvalue weighted by Crippen LogP contribution is 2.31. The molecule has 1 atom stereocenters. The first-order chi connectivity index (χ1) is 16.7. The Balaban J connectivity index is 2.26. The fourth-order valence-corrected chi connectivity index (χ4v) is 5.42. The van der Waals surface area contributed by atoms with E-state index in [2.05, 4.69) is 5.32 Å². The number of rotatable bonds is 11. The summed E-state index contributed by atoms with van der Waals surface area (Å²) in [5.41, 5.74) is 0.741. The molecule has 0 bridgehead atoms. The maximum atomic E-state index is 13.3. The molecule has 1 N–H and O–H groups in total. The van der Waals surface area contributed by atoms with Gasteiger partial charge in [-0.3, -0.25) is 13.9 Å². The summed E-state index contributed by atoms with van der Waals surface area (Å²) in [5, 5.41) is 4.09. The summed E-state index contributed by atoms with van der Waals surface area (Å²) < 4.78 is 26.0. The van der Waals surface area contributed by atoms with E-state index in [1.54, 1.807) is 31.2 Å². The predicted molar refractivity (Wildman–Crippen MR) is 148 cm³/mol. The molecule has 0 fully saturated rings. The highest BCUT2D eigenvalue weighted by molar-refractivity contribution is 7.92. The quantitative estimate of drug-likeness (QED) is 0.356. The van der Waals surface area contributed by atoms with Crippen molar-refractivity contribution in [2.24, 2.45) is 0 Å². The van der Waals surface area contributed by atoms with Crippen molar-refractivity contribution in [1.29, 1.82) is 0 Å². The first-order valence-electron chi connectivity index (χ1n) is 11.2. The minimum atomic E-state index is -3.71. The monoisotopic (exact) mass is 595 g/mol. The molecule has 0 saturated heterocycles. The van der Waals surface area contributed by atoms with Crippen LogP contribution >= 0.6 is 46.4 Å². The smallest absolute Gasteiger partial charge is 0.242 e. The van der Waals surface area contributed by atoms with Gasteiger partial charge < -0.3 is 10.2 Å². The molecule has 7 nitrogen and oxygen atoms in total. The lowest BCUT2D eigenvalue weighted by Gasteiger charge is -2.30. The van der Waals surface area contributed by atoms with Crippen LogP contribution in [0.5, 0.6) is 0 Å². The van der Waals surface area contributed by atoms with E-state index in [9.17, 15) is 18.0 Å². The fraction of sp³-hybridized carbons (Fsp3) is 0.417. The summed E-state index contributed by atoms with van der Waals surface area (Å²) in [6.07, 6.45) is 1.18. The Morgan fingerprint density at radius 1 is 0.972 bits per heavy atom.